The van der Waals surface area contributed by atoms with E-state index in [-0.39, 0.29) is 5.91 Å². The van der Waals surface area contributed by atoms with Gasteiger partial charge in [0.2, 0.25) is 5.91 Å². The molecule has 0 bridgehead atoms. The smallest absolute Gasteiger partial charge is 0.245 e. The van der Waals surface area contributed by atoms with E-state index in [2.05, 4.69) is 4.90 Å². The predicted octanol–water partition coefficient (Wildman–Crippen LogP) is -0.981. The Morgan fingerprint density at radius 3 is 2.47 bits per heavy atom. The van der Waals surface area contributed by atoms with Crippen LogP contribution in [0.5, 0.6) is 0 Å². The van der Waals surface area contributed by atoms with Crippen molar-refractivity contribution in [3.8, 4) is 0 Å². The lowest BCUT2D eigenvalue weighted by molar-refractivity contribution is -0.139. The molecule has 0 spiro atoms. The van der Waals surface area contributed by atoms with Crippen LogP contribution in [0.4, 0.5) is 0 Å². The van der Waals surface area contributed by atoms with Crippen LogP contribution in [0, 0.1) is 0 Å². The number of nitrogens with two attached hydrogens (primary N) is 1. The lowest BCUT2D eigenvalue weighted by Crippen LogP contribution is -2.60. The van der Waals surface area contributed by atoms with Crippen LogP contribution in [0.1, 0.15) is 20.3 Å². The summed E-state index contributed by atoms with van der Waals surface area (Å²) in [5.41, 5.74) is 4.59. The van der Waals surface area contributed by atoms with Gasteiger partial charge >= 0.3 is 0 Å². The van der Waals surface area contributed by atoms with Gasteiger partial charge < -0.3 is 20.5 Å². The fraction of sp³-hybridized carbons (Fsp3) is 0.923. The van der Waals surface area contributed by atoms with Crippen LogP contribution in [0.25, 0.3) is 0 Å². The van der Waals surface area contributed by atoms with Crippen LogP contribution in [-0.4, -0.2) is 77.9 Å². The highest BCUT2D eigenvalue weighted by Gasteiger charge is 2.41. The first-order chi connectivity index (χ1) is 8.80. The number of carbonyl (C=O) groups is 1. The summed E-state index contributed by atoms with van der Waals surface area (Å²) in [6, 6.07) is 0. The van der Waals surface area contributed by atoms with Gasteiger partial charge in [-0.15, -0.1) is 0 Å². The summed E-state index contributed by atoms with van der Waals surface area (Å²) in [4.78, 5) is 16.4. The van der Waals surface area contributed by atoms with Crippen LogP contribution in [-0.2, 0) is 9.53 Å². The maximum atomic E-state index is 12.4. The van der Waals surface area contributed by atoms with Crippen molar-refractivity contribution in [3.63, 3.8) is 0 Å². The maximum Gasteiger partial charge on any atom is 0.245 e. The second-order valence-corrected chi connectivity index (χ2v) is 6.34. The standard InChI is InChI=1S/C13H25N3O3/c1-12(2,18)9-15-4-6-16(7-5-15)11(17)13(14)3-8-19-10-13/h18H,3-10,14H2,1-2H3. The topological polar surface area (TPSA) is 79.0 Å². The van der Waals surface area contributed by atoms with E-state index < -0.39 is 11.1 Å². The van der Waals surface area contributed by atoms with Crippen LogP contribution < -0.4 is 5.73 Å². The molecule has 110 valence electrons. The maximum absolute atomic E-state index is 12.4. The van der Waals surface area contributed by atoms with Crippen molar-refractivity contribution >= 4 is 5.91 Å². The summed E-state index contributed by atoms with van der Waals surface area (Å²) in [7, 11) is 0. The number of aliphatic hydroxyl groups is 1. The van der Waals surface area contributed by atoms with Crippen molar-refractivity contribution in [2.24, 2.45) is 5.73 Å². The van der Waals surface area contributed by atoms with Crippen molar-refractivity contribution in [2.75, 3.05) is 45.9 Å². The van der Waals surface area contributed by atoms with E-state index in [9.17, 15) is 9.90 Å². The van der Waals surface area contributed by atoms with Crippen molar-refractivity contribution < 1.29 is 14.6 Å². The van der Waals surface area contributed by atoms with Gasteiger partial charge in [-0.1, -0.05) is 0 Å². The molecule has 0 aromatic carbocycles. The van der Waals surface area contributed by atoms with E-state index in [0.717, 1.165) is 13.1 Å². The molecule has 3 N–H and O–H groups in total. The zero-order valence-corrected chi connectivity index (χ0v) is 11.9. The molecule has 1 amide bonds. The Bertz CT molecular complexity index is 327. The number of nitrogens with zero attached hydrogens (tertiary/aromatic N) is 2. The third-order valence-corrected chi connectivity index (χ3v) is 3.75. The molecule has 0 aromatic rings. The molecular weight excluding hydrogens is 246 g/mol. The van der Waals surface area contributed by atoms with Crippen LogP contribution in [0.3, 0.4) is 0 Å². The minimum absolute atomic E-state index is 0.00732. The number of carbonyl (C=O) groups excluding carboxylic acids is 1. The van der Waals surface area contributed by atoms with Crippen LogP contribution >= 0.6 is 0 Å². The van der Waals surface area contributed by atoms with Gasteiger partial charge in [0.1, 0.15) is 5.54 Å². The van der Waals surface area contributed by atoms with Crippen LogP contribution in [0.15, 0.2) is 0 Å². The van der Waals surface area contributed by atoms with Gasteiger partial charge in [0.05, 0.1) is 12.2 Å². The number of hydrogen-bond donors (Lipinski definition) is 2. The number of β-amino-alcohol motifs (C(OH)–C–C–N with tert-alkyl or cyclic N) is 1. The first-order valence-corrected chi connectivity index (χ1v) is 6.91. The molecule has 1 unspecified atom stereocenters. The number of rotatable bonds is 3. The van der Waals surface area contributed by atoms with Gasteiger partial charge in [0.15, 0.2) is 0 Å². The molecule has 19 heavy (non-hydrogen) atoms. The van der Waals surface area contributed by atoms with Gasteiger partial charge in [0, 0.05) is 39.3 Å². The normalized spacial score (nSPS) is 29.8. The SMILES string of the molecule is CC(C)(O)CN1CCN(C(=O)C2(N)CCOC2)CC1. The Labute approximate surface area is 114 Å². The van der Waals surface area contributed by atoms with Gasteiger partial charge in [-0.25, -0.2) is 0 Å². The highest BCUT2D eigenvalue weighted by Crippen LogP contribution is 2.19. The third-order valence-electron chi connectivity index (χ3n) is 3.75. The monoisotopic (exact) mass is 271 g/mol. The number of amides is 1. The summed E-state index contributed by atoms with van der Waals surface area (Å²) in [6.45, 7) is 8.05. The Balaban J connectivity index is 1.84. The number of hydrogen-bond acceptors (Lipinski definition) is 5. The average molecular weight is 271 g/mol. The molecule has 0 aromatic heterocycles. The summed E-state index contributed by atoms with van der Waals surface area (Å²) in [6.07, 6.45) is 0.607. The molecule has 2 fully saturated rings. The molecule has 1 atom stereocenters. The Morgan fingerprint density at radius 1 is 1.37 bits per heavy atom. The van der Waals surface area contributed by atoms with Gasteiger partial charge in [-0.2, -0.15) is 0 Å². The second kappa shape index (κ2) is 5.36. The van der Waals surface area contributed by atoms with Crippen LogP contribution in [0.2, 0.25) is 0 Å². The quantitative estimate of drug-likeness (QED) is 0.690. The zero-order valence-electron chi connectivity index (χ0n) is 11.9. The highest BCUT2D eigenvalue weighted by atomic mass is 16.5. The lowest BCUT2D eigenvalue weighted by atomic mass is 9.98. The molecule has 6 heteroatoms. The van der Waals surface area contributed by atoms with Gasteiger partial charge in [-0.3, -0.25) is 9.69 Å². The lowest BCUT2D eigenvalue weighted by Gasteiger charge is -2.39. The molecule has 2 aliphatic heterocycles. The molecule has 2 saturated heterocycles. The van der Waals surface area contributed by atoms with Gasteiger partial charge in [0.25, 0.3) is 0 Å². The van der Waals surface area contributed by atoms with Crippen molar-refractivity contribution in [2.45, 2.75) is 31.4 Å². The molecule has 2 heterocycles. The van der Waals surface area contributed by atoms with Crippen molar-refractivity contribution in [1.82, 2.24) is 9.80 Å². The highest BCUT2D eigenvalue weighted by molar-refractivity contribution is 5.86. The van der Waals surface area contributed by atoms with Crippen molar-refractivity contribution in [1.29, 1.82) is 0 Å². The number of piperazine rings is 1. The largest absolute Gasteiger partial charge is 0.389 e. The van der Waals surface area contributed by atoms with E-state index in [1.807, 2.05) is 4.90 Å². The molecular formula is C13H25N3O3. The van der Waals surface area contributed by atoms with E-state index >= 15 is 0 Å². The fourth-order valence-electron chi connectivity index (χ4n) is 2.72. The molecule has 2 rings (SSSR count). The first-order valence-electron chi connectivity index (χ1n) is 6.91. The molecule has 0 radical (unpaired) electrons. The van der Waals surface area contributed by atoms with E-state index in [1.54, 1.807) is 13.8 Å². The molecule has 6 nitrogen and oxygen atoms in total. The van der Waals surface area contributed by atoms with Crippen molar-refractivity contribution in [3.05, 3.63) is 0 Å². The Morgan fingerprint density at radius 2 is 2.00 bits per heavy atom. The van der Waals surface area contributed by atoms with E-state index in [4.69, 9.17) is 10.5 Å². The molecule has 0 aliphatic carbocycles. The molecule has 0 saturated carbocycles. The zero-order chi connectivity index (χ0) is 14.1. The van der Waals surface area contributed by atoms with E-state index in [1.165, 1.54) is 0 Å². The summed E-state index contributed by atoms with van der Waals surface area (Å²) >= 11 is 0. The minimum atomic E-state index is -0.821. The summed E-state index contributed by atoms with van der Waals surface area (Å²) < 4.78 is 5.24. The summed E-state index contributed by atoms with van der Waals surface area (Å²) in [5.74, 6) is 0.00732. The second-order valence-electron chi connectivity index (χ2n) is 6.34. The first kappa shape index (κ1) is 14.7. The molecule has 2 aliphatic rings. The Kier molecular flexibility index (Phi) is 4.15. The predicted molar refractivity (Wildman–Crippen MR) is 71.7 cm³/mol. The Hall–Kier alpha value is -0.690. The van der Waals surface area contributed by atoms with E-state index in [0.29, 0.717) is 39.3 Å². The number of ether oxygens (including phenoxy) is 1. The fourth-order valence-corrected chi connectivity index (χ4v) is 2.72. The third kappa shape index (κ3) is 3.66. The van der Waals surface area contributed by atoms with Gasteiger partial charge in [-0.05, 0) is 20.3 Å². The summed E-state index contributed by atoms with van der Waals surface area (Å²) in [5, 5.41) is 9.80. The minimum Gasteiger partial charge on any atom is -0.389 e. The average Bonchev–Trinajstić information content (AvgIpc) is 2.75.